The monoisotopic (exact) mass is 399 g/mol. The van der Waals surface area contributed by atoms with Gasteiger partial charge in [0.15, 0.2) is 0 Å². The fourth-order valence-electron chi connectivity index (χ4n) is 2.94. The van der Waals surface area contributed by atoms with Crippen molar-refractivity contribution in [2.75, 3.05) is 0 Å². The zero-order valence-electron chi connectivity index (χ0n) is 18.7. The maximum absolute atomic E-state index is 12.7. The molecule has 0 heterocycles. The maximum Gasteiger partial charge on any atom is 0.408 e. The molecule has 1 amide bonds. The third-order valence-electron chi connectivity index (χ3n) is 3.97. The zero-order valence-corrected chi connectivity index (χ0v) is 18.7. The number of carbonyl (C=O) groups is 1. The van der Waals surface area contributed by atoms with Crippen LogP contribution in [0.4, 0.5) is 9.18 Å². The average Bonchev–Trinajstić information content (AvgIpc) is 2.62. The molecular formula is C25H34FNO2. The minimum absolute atomic E-state index is 0.450. The van der Waals surface area contributed by atoms with Crippen molar-refractivity contribution < 1.29 is 13.9 Å². The standard InChI is InChI=1S/C23H28FNO2.C2H6/c1-16-12-17(2)14-20(13-16)19-8-6-18(7-9-19)15-21(10-11-24)25-22(26)27-23(3,4)5;1-2/h6-14,21H,15H2,1-5H3,(H,25,26);1-2H3/b11-10+;. The van der Waals surface area contributed by atoms with Crippen LogP contribution in [0.3, 0.4) is 0 Å². The molecule has 0 radical (unpaired) electrons. The Morgan fingerprint density at radius 2 is 1.59 bits per heavy atom. The second-order valence-electron chi connectivity index (χ2n) is 7.85. The highest BCUT2D eigenvalue weighted by Crippen LogP contribution is 2.23. The number of benzene rings is 2. The molecule has 158 valence electrons. The summed E-state index contributed by atoms with van der Waals surface area (Å²) < 4.78 is 18.0. The van der Waals surface area contributed by atoms with Crippen LogP contribution in [-0.4, -0.2) is 17.7 Å². The van der Waals surface area contributed by atoms with Crippen LogP contribution < -0.4 is 5.32 Å². The van der Waals surface area contributed by atoms with Crippen molar-refractivity contribution in [1.82, 2.24) is 5.32 Å². The average molecular weight is 400 g/mol. The second kappa shape index (κ2) is 11.4. The van der Waals surface area contributed by atoms with E-state index in [2.05, 4.69) is 37.4 Å². The summed E-state index contributed by atoms with van der Waals surface area (Å²) >= 11 is 0. The molecule has 0 aromatic heterocycles. The van der Waals surface area contributed by atoms with Gasteiger partial charge in [0.05, 0.1) is 12.4 Å². The van der Waals surface area contributed by atoms with Gasteiger partial charge in [-0.3, -0.25) is 0 Å². The molecule has 0 aliphatic rings. The van der Waals surface area contributed by atoms with Crippen LogP contribution in [0.2, 0.25) is 0 Å². The van der Waals surface area contributed by atoms with Crippen molar-refractivity contribution in [1.29, 1.82) is 0 Å². The van der Waals surface area contributed by atoms with Gasteiger partial charge in [0.2, 0.25) is 0 Å². The molecule has 0 aliphatic heterocycles. The van der Waals surface area contributed by atoms with Gasteiger partial charge in [-0.15, -0.1) is 0 Å². The number of aryl methyl sites for hydroxylation is 2. The number of ether oxygens (including phenoxy) is 1. The van der Waals surface area contributed by atoms with Gasteiger partial charge in [0, 0.05) is 0 Å². The van der Waals surface area contributed by atoms with Crippen molar-refractivity contribution in [3.8, 4) is 11.1 Å². The minimum atomic E-state index is -0.596. The van der Waals surface area contributed by atoms with Gasteiger partial charge in [0.25, 0.3) is 0 Å². The van der Waals surface area contributed by atoms with Crippen LogP contribution in [-0.2, 0) is 11.2 Å². The molecule has 4 heteroatoms. The SMILES string of the molecule is CC.Cc1cc(C)cc(-c2ccc(CC(/C=C/F)NC(=O)OC(C)(C)C)cc2)c1. The Bertz CT molecular complexity index is 784. The molecule has 1 unspecified atom stereocenters. The van der Waals surface area contributed by atoms with E-state index in [1.165, 1.54) is 22.8 Å². The summed E-state index contributed by atoms with van der Waals surface area (Å²) in [4.78, 5) is 11.9. The van der Waals surface area contributed by atoms with Gasteiger partial charge in [-0.2, -0.15) is 0 Å². The van der Waals surface area contributed by atoms with Crippen LogP contribution in [0.1, 0.15) is 51.3 Å². The van der Waals surface area contributed by atoms with E-state index in [0.29, 0.717) is 12.8 Å². The summed E-state index contributed by atoms with van der Waals surface area (Å²) in [5.41, 5.74) is 5.16. The largest absolute Gasteiger partial charge is 0.444 e. The third-order valence-corrected chi connectivity index (χ3v) is 3.97. The lowest BCUT2D eigenvalue weighted by molar-refractivity contribution is 0.0514. The topological polar surface area (TPSA) is 38.3 Å². The molecule has 2 aromatic rings. The van der Waals surface area contributed by atoms with E-state index in [0.717, 1.165) is 11.1 Å². The van der Waals surface area contributed by atoms with Crippen LogP contribution in [0.25, 0.3) is 11.1 Å². The van der Waals surface area contributed by atoms with Gasteiger partial charge in [-0.1, -0.05) is 67.4 Å². The number of hydrogen-bond acceptors (Lipinski definition) is 2. The van der Waals surface area contributed by atoms with E-state index in [9.17, 15) is 9.18 Å². The van der Waals surface area contributed by atoms with Gasteiger partial charge in [0.1, 0.15) is 5.60 Å². The van der Waals surface area contributed by atoms with Crippen molar-refractivity contribution >= 4 is 6.09 Å². The number of hydrogen-bond donors (Lipinski definition) is 1. The van der Waals surface area contributed by atoms with E-state index >= 15 is 0 Å². The summed E-state index contributed by atoms with van der Waals surface area (Å²) in [6, 6.07) is 14.1. The highest BCUT2D eigenvalue weighted by molar-refractivity contribution is 5.68. The molecular weight excluding hydrogens is 365 g/mol. The third kappa shape index (κ3) is 8.95. The molecule has 0 spiro atoms. The van der Waals surface area contributed by atoms with Crippen molar-refractivity contribution in [2.45, 2.75) is 66.5 Å². The molecule has 1 N–H and O–H groups in total. The lowest BCUT2D eigenvalue weighted by Crippen LogP contribution is -2.39. The van der Waals surface area contributed by atoms with E-state index in [1.54, 1.807) is 20.8 Å². The van der Waals surface area contributed by atoms with Gasteiger partial charge >= 0.3 is 6.09 Å². The van der Waals surface area contributed by atoms with E-state index in [1.807, 2.05) is 38.1 Å². The van der Waals surface area contributed by atoms with E-state index < -0.39 is 17.7 Å². The van der Waals surface area contributed by atoms with Crippen molar-refractivity contribution in [3.63, 3.8) is 0 Å². The first-order valence-corrected chi connectivity index (χ1v) is 10.1. The molecule has 2 rings (SSSR count). The summed E-state index contributed by atoms with van der Waals surface area (Å²) in [6.45, 7) is 13.5. The first kappa shape index (κ1) is 24.4. The zero-order chi connectivity index (χ0) is 22.0. The summed E-state index contributed by atoms with van der Waals surface area (Å²) in [7, 11) is 0. The predicted octanol–water partition coefficient (Wildman–Crippen LogP) is 6.92. The van der Waals surface area contributed by atoms with Crippen LogP contribution in [0.15, 0.2) is 54.9 Å². The summed E-state index contributed by atoms with van der Waals surface area (Å²) in [5.74, 6) is 0. The predicted molar refractivity (Wildman–Crippen MR) is 120 cm³/mol. The molecule has 0 saturated heterocycles. The van der Waals surface area contributed by atoms with Gasteiger partial charge in [-0.25, -0.2) is 9.18 Å². The Balaban J connectivity index is 0.00000204. The molecule has 29 heavy (non-hydrogen) atoms. The first-order valence-electron chi connectivity index (χ1n) is 10.1. The first-order chi connectivity index (χ1) is 13.7. The molecule has 0 aliphatic carbocycles. The number of alkyl carbamates (subject to hydrolysis) is 1. The lowest BCUT2D eigenvalue weighted by atomic mass is 9.98. The van der Waals surface area contributed by atoms with Crippen molar-refractivity contribution in [3.05, 3.63) is 71.6 Å². The summed E-state index contributed by atoms with van der Waals surface area (Å²) in [6.07, 6.45) is 1.69. The van der Waals surface area contributed by atoms with Crippen LogP contribution >= 0.6 is 0 Å². The van der Waals surface area contributed by atoms with Gasteiger partial charge < -0.3 is 10.1 Å². The van der Waals surface area contributed by atoms with Crippen LogP contribution in [0, 0.1) is 13.8 Å². The Kier molecular flexibility index (Phi) is 9.60. The quantitative estimate of drug-likeness (QED) is 0.593. The fraction of sp³-hybridized carbons (Fsp3) is 0.400. The maximum atomic E-state index is 12.7. The molecule has 0 saturated carbocycles. The number of amides is 1. The Morgan fingerprint density at radius 3 is 2.07 bits per heavy atom. The smallest absolute Gasteiger partial charge is 0.408 e. The molecule has 0 bridgehead atoms. The highest BCUT2D eigenvalue weighted by Gasteiger charge is 2.18. The highest BCUT2D eigenvalue weighted by atomic mass is 19.1. The molecule has 2 aromatic carbocycles. The fourth-order valence-corrected chi connectivity index (χ4v) is 2.94. The minimum Gasteiger partial charge on any atom is -0.444 e. The van der Waals surface area contributed by atoms with Crippen molar-refractivity contribution in [2.24, 2.45) is 0 Å². The Morgan fingerprint density at radius 1 is 1.03 bits per heavy atom. The Labute approximate surface area is 175 Å². The normalized spacial score (nSPS) is 12.1. The number of carbonyl (C=O) groups excluding carboxylic acids is 1. The number of rotatable bonds is 5. The Hall–Kier alpha value is -2.62. The van der Waals surface area contributed by atoms with Gasteiger partial charge in [-0.05, 0) is 63.8 Å². The number of nitrogens with one attached hydrogen (secondary N) is 1. The van der Waals surface area contributed by atoms with Crippen LogP contribution in [0.5, 0.6) is 0 Å². The summed E-state index contributed by atoms with van der Waals surface area (Å²) in [5, 5.41) is 2.70. The van der Waals surface area contributed by atoms with E-state index in [4.69, 9.17) is 4.74 Å². The number of halogens is 1. The van der Waals surface area contributed by atoms with E-state index in [-0.39, 0.29) is 0 Å². The molecule has 1 atom stereocenters. The molecule has 3 nitrogen and oxygen atoms in total. The lowest BCUT2D eigenvalue weighted by Gasteiger charge is -2.22. The second-order valence-corrected chi connectivity index (χ2v) is 7.85. The molecule has 0 fully saturated rings.